The summed E-state index contributed by atoms with van der Waals surface area (Å²) in [5, 5.41) is 4.27. The third-order valence-electron chi connectivity index (χ3n) is 3.26. The first kappa shape index (κ1) is 12.7. The zero-order valence-electron chi connectivity index (χ0n) is 10.7. The van der Waals surface area contributed by atoms with Gasteiger partial charge in [0.25, 0.3) is 0 Å². The normalized spacial score (nSPS) is 15.0. The monoisotopic (exact) mass is 252 g/mol. The van der Waals surface area contributed by atoms with Gasteiger partial charge < -0.3 is 10.2 Å². The van der Waals surface area contributed by atoms with Gasteiger partial charge in [0, 0.05) is 30.3 Å². The van der Waals surface area contributed by atoms with Gasteiger partial charge in [0.2, 0.25) is 0 Å². The fourth-order valence-corrected chi connectivity index (χ4v) is 2.29. The van der Waals surface area contributed by atoms with Gasteiger partial charge in [-0.1, -0.05) is 18.5 Å². The van der Waals surface area contributed by atoms with E-state index in [0.29, 0.717) is 0 Å². The van der Waals surface area contributed by atoms with E-state index in [1.165, 1.54) is 24.1 Å². The van der Waals surface area contributed by atoms with Crippen LogP contribution in [0.4, 0.5) is 5.69 Å². The van der Waals surface area contributed by atoms with E-state index in [-0.39, 0.29) is 0 Å². The average molecular weight is 253 g/mol. The lowest BCUT2D eigenvalue weighted by molar-refractivity contribution is 0.673. The molecule has 1 N–H and O–H groups in total. The number of anilines is 1. The van der Waals surface area contributed by atoms with Crippen molar-refractivity contribution in [2.45, 2.75) is 38.8 Å². The van der Waals surface area contributed by atoms with Crippen LogP contribution in [0.2, 0.25) is 5.02 Å². The van der Waals surface area contributed by atoms with Gasteiger partial charge >= 0.3 is 0 Å². The SMILES string of the molecule is CCCNCc1cc(Cl)ccc1N(C)C1CC1. The number of nitrogens with zero attached hydrogens (tertiary/aromatic N) is 1. The molecule has 1 aliphatic rings. The van der Waals surface area contributed by atoms with E-state index in [2.05, 4.69) is 36.3 Å². The van der Waals surface area contributed by atoms with Crippen LogP contribution in [0, 0.1) is 0 Å². The summed E-state index contributed by atoms with van der Waals surface area (Å²) >= 11 is 6.08. The van der Waals surface area contributed by atoms with Crippen molar-refractivity contribution >= 4 is 17.3 Å². The third kappa shape index (κ3) is 3.36. The Balaban J connectivity index is 2.11. The Morgan fingerprint density at radius 3 is 2.82 bits per heavy atom. The van der Waals surface area contributed by atoms with Crippen LogP contribution in [0.5, 0.6) is 0 Å². The summed E-state index contributed by atoms with van der Waals surface area (Å²) in [4.78, 5) is 2.39. The molecule has 0 unspecified atom stereocenters. The largest absolute Gasteiger partial charge is 0.371 e. The van der Waals surface area contributed by atoms with Crippen molar-refractivity contribution in [3.8, 4) is 0 Å². The van der Waals surface area contributed by atoms with Crippen molar-refractivity contribution < 1.29 is 0 Å². The molecule has 0 aromatic heterocycles. The smallest absolute Gasteiger partial charge is 0.0412 e. The van der Waals surface area contributed by atoms with E-state index in [1.807, 2.05) is 6.07 Å². The van der Waals surface area contributed by atoms with Gasteiger partial charge in [-0.2, -0.15) is 0 Å². The van der Waals surface area contributed by atoms with Crippen LogP contribution in [-0.2, 0) is 6.54 Å². The maximum Gasteiger partial charge on any atom is 0.0412 e. The van der Waals surface area contributed by atoms with Gasteiger partial charge in [-0.05, 0) is 49.6 Å². The molecule has 3 heteroatoms. The van der Waals surface area contributed by atoms with Crippen molar-refractivity contribution in [3.63, 3.8) is 0 Å². The molecule has 0 heterocycles. The van der Waals surface area contributed by atoms with Crippen LogP contribution in [0.1, 0.15) is 31.7 Å². The molecule has 1 fully saturated rings. The molecular weight excluding hydrogens is 232 g/mol. The van der Waals surface area contributed by atoms with Crippen molar-refractivity contribution in [3.05, 3.63) is 28.8 Å². The van der Waals surface area contributed by atoms with Gasteiger partial charge in [0.15, 0.2) is 0 Å². The van der Waals surface area contributed by atoms with Gasteiger partial charge in [-0.15, -0.1) is 0 Å². The summed E-state index contributed by atoms with van der Waals surface area (Å²) in [5.74, 6) is 0. The molecule has 2 nitrogen and oxygen atoms in total. The van der Waals surface area contributed by atoms with E-state index in [4.69, 9.17) is 11.6 Å². The Bertz CT molecular complexity index is 374. The molecule has 0 saturated heterocycles. The first-order valence-electron chi connectivity index (χ1n) is 6.44. The number of halogens is 1. The third-order valence-corrected chi connectivity index (χ3v) is 3.49. The molecule has 0 aliphatic heterocycles. The van der Waals surface area contributed by atoms with Crippen molar-refractivity contribution in [2.75, 3.05) is 18.5 Å². The Morgan fingerprint density at radius 2 is 2.18 bits per heavy atom. The quantitative estimate of drug-likeness (QED) is 0.781. The standard InChI is InChI=1S/C14H21ClN2/c1-3-8-16-10-11-9-12(15)4-7-14(11)17(2)13-5-6-13/h4,7,9,13,16H,3,5-6,8,10H2,1-2H3. The average Bonchev–Trinajstić information content (AvgIpc) is 3.13. The molecule has 1 aromatic rings. The second-order valence-electron chi connectivity index (χ2n) is 4.79. The molecule has 17 heavy (non-hydrogen) atoms. The zero-order valence-corrected chi connectivity index (χ0v) is 11.4. The van der Waals surface area contributed by atoms with Gasteiger partial charge in [-0.25, -0.2) is 0 Å². The van der Waals surface area contributed by atoms with E-state index in [9.17, 15) is 0 Å². The van der Waals surface area contributed by atoms with Crippen LogP contribution in [-0.4, -0.2) is 19.6 Å². The fourth-order valence-electron chi connectivity index (χ4n) is 2.10. The molecule has 1 saturated carbocycles. The van der Waals surface area contributed by atoms with Crippen molar-refractivity contribution in [2.24, 2.45) is 0 Å². The highest BCUT2D eigenvalue weighted by atomic mass is 35.5. The summed E-state index contributed by atoms with van der Waals surface area (Å²) in [7, 11) is 2.18. The molecular formula is C14H21ClN2. The minimum absolute atomic E-state index is 0.737. The van der Waals surface area contributed by atoms with Crippen LogP contribution >= 0.6 is 11.6 Å². The predicted octanol–water partition coefficient (Wildman–Crippen LogP) is 3.44. The lowest BCUT2D eigenvalue weighted by atomic mass is 10.1. The van der Waals surface area contributed by atoms with Crippen LogP contribution in [0.25, 0.3) is 0 Å². The minimum atomic E-state index is 0.737. The van der Waals surface area contributed by atoms with Crippen molar-refractivity contribution in [1.29, 1.82) is 0 Å². The molecule has 0 spiro atoms. The maximum atomic E-state index is 6.08. The van der Waals surface area contributed by atoms with Crippen LogP contribution < -0.4 is 10.2 Å². The first-order chi connectivity index (χ1) is 8.22. The molecule has 94 valence electrons. The second-order valence-corrected chi connectivity index (χ2v) is 5.23. The van der Waals surface area contributed by atoms with Gasteiger partial charge in [0.05, 0.1) is 0 Å². The number of hydrogen-bond donors (Lipinski definition) is 1. The molecule has 2 rings (SSSR count). The molecule has 0 radical (unpaired) electrons. The highest BCUT2D eigenvalue weighted by Gasteiger charge is 2.27. The molecule has 0 amide bonds. The van der Waals surface area contributed by atoms with E-state index in [0.717, 1.165) is 30.6 Å². The molecule has 1 aromatic carbocycles. The highest BCUT2D eigenvalue weighted by Crippen LogP contribution is 2.33. The highest BCUT2D eigenvalue weighted by molar-refractivity contribution is 6.30. The molecule has 1 aliphatic carbocycles. The van der Waals surface area contributed by atoms with Crippen molar-refractivity contribution in [1.82, 2.24) is 5.32 Å². The lowest BCUT2D eigenvalue weighted by Gasteiger charge is -2.22. The fraction of sp³-hybridized carbons (Fsp3) is 0.571. The summed E-state index contributed by atoms with van der Waals surface area (Å²) in [6.45, 7) is 4.14. The number of hydrogen-bond acceptors (Lipinski definition) is 2. The summed E-state index contributed by atoms with van der Waals surface area (Å²) < 4.78 is 0. The number of benzene rings is 1. The maximum absolute atomic E-state index is 6.08. The topological polar surface area (TPSA) is 15.3 Å². The van der Waals surface area contributed by atoms with Gasteiger partial charge in [-0.3, -0.25) is 0 Å². The summed E-state index contributed by atoms with van der Waals surface area (Å²) in [6.07, 6.45) is 3.80. The summed E-state index contributed by atoms with van der Waals surface area (Å²) in [6, 6.07) is 6.95. The molecule has 0 atom stereocenters. The van der Waals surface area contributed by atoms with E-state index < -0.39 is 0 Å². The van der Waals surface area contributed by atoms with Crippen LogP contribution in [0.15, 0.2) is 18.2 Å². The number of rotatable bonds is 6. The predicted molar refractivity (Wildman–Crippen MR) is 74.9 cm³/mol. The molecule has 0 bridgehead atoms. The minimum Gasteiger partial charge on any atom is -0.371 e. The zero-order chi connectivity index (χ0) is 12.3. The first-order valence-corrected chi connectivity index (χ1v) is 6.82. The van der Waals surface area contributed by atoms with Crippen LogP contribution in [0.3, 0.4) is 0 Å². The van der Waals surface area contributed by atoms with Gasteiger partial charge in [0.1, 0.15) is 0 Å². The Labute approximate surface area is 109 Å². The Hall–Kier alpha value is -0.730. The number of nitrogens with one attached hydrogen (secondary N) is 1. The Morgan fingerprint density at radius 1 is 1.41 bits per heavy atom. The van der Waals surface area contributed by atoms with E-state index >= 15 is 0 Å². The summed E-state index contributed by atoms with van der Waals surface area (Å²) in [5.41, 5.74) is 2.63. The van der Waals surface area contributed by atoms with E-state index in [1.54, 1.807) is 0 Å². The Kier molecular flexibility index (Phi) is 4.30. The lowest BCUT2D eigenvalue weighted by Crippen LogP contribution is -2.23. The second kappa shape index (κ2) is 5.74.